The van der Waals surface area contributed by atoms with Crippen molar-refractivity contribution >= 4 is 29.2 Å². The fourth-order valence-corrected chi connectivity index (χ4v) is 4.63. The van der Waals surface area contributed by atoms with Gasteiger partial charge < -0.3 is 23.8 Å². The molecule has 0 saturated carbocycles. The number of alkyl halides is 2. The van der Waals surface area contributed by atoms with Gasteiger partial charge in [-0.2, -0.15) is 23.4 Å². The van der Waals surface area contributed by atoms with Crippen LogP contribution in [0, 0.1) is 13.8 Å². The summed E-state index contributed by atoms with van der Waals surface area (Å²) in [5.74, 6) is 1.84. The highest BCUT2D eigenvalue weighted by Gasteiger charge is 2.26. The maximum absolute atomic E-state index is 13.1. The van der Waals surface area contributed by atoms with Gasteiger partial charge in [0.2, 0.25) is 5.91 Å². The Morgan fingerprint density at radius 3 is 2.46 bits per heavy atom. The predicted molar refractivity (Wildman–Crippen MR) is 138 cm³/mol. The van der Waals surface area contributed by atoms with Crippen LogP contribution in [-0.4, -0.2) is 82.5 Å². The van der Waals surface area contributed by atoms with Gasteiger partial charge in [0, 0.05) is 51.8 Å². The molecule has 206 valence electrons. The minimum atomic E-state index is -3.02. The number of halogens is 2. The Labute approximate surface area is 222 Å². The normalized spacial score (nSPS) is 13.8. The Morgan fingerprint density at radius 1 is 1.10 bits per heavy atom. The number of methoxy groups -OCH3 is 1. The fourth-order valence-electron chi connectivity index (χ4n) is 4.63. The summed E-state index contributed by atoms with van der Waals surface area (Å²) in [6.45, 7) is 4.38. The molecule has 39 heavy (non-hydrogen) atoms. The minimum Gasteiger partial charge on any atom is -0.493 e. The van der Waals surface area contributed by atoms with Gasteiger partial charge in [0.15, 0.2) is 23.0 Å². The van der Waals surface area contributed by atoms with Crippen LogP contribution in [0.2, 0.25) is 0 Å². The topological polar surface area (TPSA) is 114 Å². The van der Waals surface area contributed by atoms with Crippen molar-refractivity contribution in [1.82, 2.24) is 29.6 Å². The molecule has 0 aliphatic carbocycles. The van der Waals surface area contributed by atoms with E-state index in [1.165, 1.54) is 13.2 Å². The lowest BCUT2D eigenvalue weighted by atomic mass is 10.1. The average molecular weight is 543 g/mol. The second kappa shape index (κ2) is 10.3. The molecule has 0 unspecified atom stereocenters. The Morgan fingerprint density at radius 2 is 1.85 bits per heavy atom. The van der Waals surface area contributed by atoms with E-state index < -0.39 is 6.61 Å². The largest absolute Gasteiger partial charge is 0.493 e. The van der Waals surface area contributed by atoms with Crippen LogP contribution < -0.4 is 19.3 Å². The van der Waals surface area contributed by atoms with Crippen LogP contribution in [0.3, 0.4) is 0 Å². The maximum Gasteiger partial charge on any atom is 0.387 e. The highest BCUT2D eigenvalue weighted by Crippen LogP contribution is 2.38. The number of rotatable bonds is 7. The van der Waals surface area contributed by atoms with Gasteiger partial charge >= 0.3 is 12.6 Å². The third-order valence-electron chi connectivity index (χ3n) is 6.60. The Bertz CT molecular complexity index is 1510. The van der Waals surface area contributed by atoms with Crippen molar-refractivity contribution in [2.75, 3.05) is 50.1 Å². The molecule has 1 fully saturated rings. The third kappa shape index (κ3) is 5.01. The van der Waals surface area contributed by atoms with Crippen molar-refractivity contribution in [2.45, 2.75) is 27.4 Å². The number of hydrogen-bond acceptors (Lipinski definition) is 10. The molecule has 0 atom stereocenters. The molecule has 14 heteroatoms. The van der Waals surface area contributed by atoms with Crippen LogP contribution in [0.5, 0.6) is 11.5 Å². The summed E-state index contributed by atoms with van der Waals surface area (Å²) in [5, 5.41) is 8.62. The van der Waals surface area contributed by atoms with Crippen molar-refractivity contribution < 1.29 is 27.6 Å². The Balaban J connectivity index is 1.66. The van der Waals surface area contributed by atoms with E-state index in [1.54, 1.807) is 47.3 Å². The number of piperazine rings is 1. The van der Waals surface area contributed by atoms with E-state index in [9.17, 15) is 13.6 Å². The number of ether oxygens (including phenoxy) is 2. The van der Waals surface area contributed by atoms with Gasteiger partial charge in [-0.1, -0.05) is 11.2 Å². The summed E-state index contributed by atoms with van der Waals surface area (Å²) in [5.41, 5.74) is 2.32. The SMILES string of the molecule is COc1ccc(-c2c(C)nn3c(N(C)c4nc(C)no4)cc(N4CCN(C(C)=O)CC4)nc23)cc1OC(F)F. The molecule has 5 rings (SSSR count). The van der Waals surface area contributed by atoms with Gasteiger partial charge in [-0.05, 0) is 31.5 Å². The molecule has 4 heterocycles. The van der Waals surface area contributed by atoms with E-state index in [-0.39, 0.29) is 23.4 Å². The number of nitrogens with zero attached hydrogens (tertiary/aromatic N) is 8. The van der Waals surface area contributed by atoms with Crippen LogP contribution in [0.25, 0.3) is 16.8 Å². The van der Waals surface area contributed by atoms with Crippen molar-refractivity contribution in [1.29, 1.82) is 0 Å². The number of hydrogen-bond donors (Lipinski definition) is 0. The summed E-state index contributed by atoms with van der Waals surface area (Å²) in [6, 6.07) is 6.92. The number of fused-ring (bicyclic) bond motifs is 1. The lowest BCUT2D eigenvalue weighted by Gasteiger charge is -2.35. The van der Waals surface area contributed by atoms with Crippen LogP contribution in [-0.2, 0) is 4.79 Å². The first-order chi connectivity index (χ1) is 18.7. The van der Waals surface area contributed by atoms with E-state index >= 15 is 0 Å². The zero-order valence-electron chi connectivity index (χ0n) is 22.2. The van der Waals surface area contributed by atoms with E-state index in [4.69, 9.17) is 24.1 Å². The monoisotopic (exact) mass is 542 g/mol. The molecule has 1 aliphatic heterocycles. The maximum atomic E-state index is 13.1. The summed E-state index contributed by atoms with van der Waals surface area (Å²) in [7, 11) is 3.16. The van der Waals surface area contributed by atoms with E-state index in [0.717, 1.165) is 0 Å². The molecule has 1 aromatic carbocycles. The quantitative estimate of drug-likeness (QED) is 0.344. The van der Waals surface area contributed by atoms with Crippen molar-refractivity contribution in [3.63, 3.8) is 0 Å². The Hall–Kier alpha value is -4.49. The van der Waals surface area contributed by atoms with Gasteiger partial charge in [0.25, 0.3) is 0 Å². The number of carbonyl (C=O) groups excluding carboxylic acids is 1. The lowest BCUT2D eigenvalue weighted by molar-refractivity contribution is -0.129. The molecular weight excluding hydrogens is 514 g/mol. The van der Waals surface area contributed by atoms with Gasteiger partial charge in [0.1, 0.15) is 11.6 Å². The molecule has 0 spiro atoms. The molecule has 0 radical (unpaired) electrons. The molecule has 1 aliphatic rings. The molecule has 0 N–H and O–H groups in total. The number of anilines is 3. The second-order valence-corrected chi connectivity index (χ2v) is 9.09. The lowest BCUT2D eigenvalue weighted by Crippen LogP contribution is -2.48. The summed E-state index contributed by atoms with van der Waals surface area (Å²) in [4.78, 5) is 26.7. The molecular formula is C25H28F2N8O4. The van der Waals surface area contributed by atoms with E-state index in [1.807, 2.05) is 13.0 Å². The predicted octanol–water partition coefficient (Wildman–Crippen LogP) is 3.44. The fraction of sp³-hybridized carbons (Fsp3) is 0.400. The first-order valence-corrected chi connectivity index (χ1v) is 12.2. The smallest absolute Gasteiger partial charge is 0.387 e. The second-order valence-electron chi connectivity index (χ2n) is 9.09. The minimum absolute atomic E-state index is 0.0280. The van der Waals surface area contributed by atoms with Crippen LogP contribution in [0.4, 0.5) is 26.4 Å². The number of aromatic nitrogens is 5. The number of benzene rings is 1. The Kier molecular flexibility index (Phi) is 6.93. The molecule has 4 aromatic rings. The molecule has 0 bridgehead atoms. The molecule has 1 amide bonds. The highest BCUT2D eigenvalue weighted by molar-refractivity contribution is 5.83. The summed E-state index contributed by atoms with van der Waals surface area (Å²) < 4.78 is 43.2. The molecule has 3 aromatic heterocycles. The summed E-state index contributed by atoms with van der Waals surface area (Å²) >= 11 is 0. The zero-order chi connectivity index (χ0) is 27.8. The first-order valence-electron chi connectivity index (χ1n) is 12.2. The van der Waals surface area contributed by atoms with Gasteiger partial charge in [-0.3, -0.25) is 9.69 Å². The van der Waals surface area contributed by atoms with Crippen LogP contribution >= 0.6 is 0 Å². The van der Waals surface area contributed by atoms with Crippen molar-refractivity contribution in [3.8, 4) is 22.6 Å². The standard InChI is InChI=1S/C25H28F2N8O4/c1-14-22(17-6-7-18(37-5)19(12-17)38-24(26)27)23-29-20(34-10-8-33(9-11-34)16(3)36)13-21(35(23)30-14)32(4)25-28-15(2)31-39-25/h6-7,12-13,24H,8-11H2,1-5H3. The molecule has 12 nitrogen and oxygen atoms in total. The highest BCUT2D eigenvalue weighted by atomic mass is 19.3. The first kappa shape index (κ1) is 26.1. The van der Waals surface area contributed by atoms with Crippen molar-refractivity contribution in [3.05, 3.63) is 35.8 Å². The average Bonchev–Trinajstić information content (AvgIpc) is 3.49. The number of aryl methyl sites for hydroxylation is 2. The van der Waals surface area contributed by atoms with E-state index in [0.29, 0.717) is 66.1 Å². The van der Waals surface area contributed by atoms with E-state index in [2.05, 4.69) is 15.0 Å². The zero-order valence-corrected chi connectivity index (χ0v) is 22.2. The summed E-state index contributed by atoms with van der Waals surface area (Å²) in [6.07, 6.45) is 0. The number of carbonyl (C=O) groups is 1. The van der Waals surface area contributed by atoms with Gasteiger partial charge in [-0.15, -0.1) is 0 Å². The van der Waals surface area contributed by atoms with Crippen LogP contribution in [0.1, 0.15) is 18.4 Å². The van der Waals surface area contributed by atoms with Crippen LogP contribution in [0.15, 0.2) is 28.8 Å². The number of amides is 1. The van der Waals surface area contributed by atoms with Gasteiger partial charge in [-0.25, -0.2) is 4.98 Å². The molecule has 1 saturated heterocycles. The van der Waals surface area contributed by atoms with Gasteiger partial charge in [0.05, 0.1) is 12.8 Å². The third-order valence-corrected chi connectivity index (χ3v) is 6.60. The van der Waals surface area contributed by atoms with Crippen molar-refractivity contribution in [2.24, 2.45) is 0 Å².